The van der Waals surface area contributed by atoms with Crippen LogP contribution in [0, 0.1) is 0 Å². The molecule has 5 heterocycles. The molecular weight excluding hydrogens is 356 g/mol. The van der Waals surface area contributed by atoms with Gasteiger partial charge in [0.1, 0.15) is 12.1 Å². The third-order valence-corrected chi connectivity index (χ3v) is 6.12. The van der Waals surface area contributed by atoms with Crippen LogP contribution in [-0.2, 0) is 13.0 Å². The van der Waals surface area contributed by atoms with E-state index in [4.69, 9.17) is 0 Å². The van der Waals surface area contributed by atoms with E-state index in [1.165, 1.54) is 11.3 Å². The summed E-state index contributed by atoms with van der Waals surface area (Å²) in [5, 5.41) is 4.57. The number of likely N-dealkylation sites (N-methyl/N-ethyl adjacent to an activating group) is 2. The van der Waals surface area contributed by atoms with Crippen LogP contribution in [0.3, 0.4) is 0 Å². The second kappa shape index (κ2) is 6.73. The summed E-state index contributed by atoms with van der Waals surface area (Å²) in [6.07, 6.45) is 7.52. The van der Waals surface area contributed by atoms with Crippen LogP contribution in [0.4, 0.5) is 16.3 Å². The molecule has 0 aromatic carbocycles. The molecule has 1 unspecified atom stereocenters. The van der Waals surface area contributed by atoms with E-state index in [1.54, 1.807) is 22.3 Å². The van der Waals surface area contributed by atoms with Crippen LogP contribution in [0.25, 0.3) is 0 Å². The van der Waals surface area contributed by atoms with Gasteiger partial charge in [-0.1, -0.05) is 0 Å². The highest BCUT2D eigenvalue weighted by Crippen LogP contribution is 2.31. The average molecular weight is 382 g/mol. The Morgan fingerprint density at radius 3 is 2.82 bits per heavy atom. The number of urea groups is 1. The van der Waals surface area contributed by atoms with Gasteiger partial charge in [0.05, 0.1) is 23.6 Å². The van der Waals surface area contributed by atoms with Gasteiger partial charge >= 0.3 is 6.03 Å². The minimum Gasteiger partial charge on any atom is -0.354 e. The SMILES string of the molecule is CN1CCc2ncnc(N3CCC(n4cc(N5CCN(C)C5=O)cn4)C3)c2C1. The Labute approximate surface area is 164 Å². The summed E-state index contributed by atoms with van der Waals surface area (Å²) in [6, 6.07) is 0.334. The maximum Gasteiger partial charge on any atom is 0.324 e. The molecule has 0 saturated carbocycles. The fourth-order valence-corrected chi connectivity index (χ4v) is 4.44. The number of hydrogen-bond acceptors (Lipinski definition) is 6. The lowest BCUT2D eigenvalue weighted by molar-refractivity contribution is 0.229. The first-order valence-electron chi connectivity index (χ1n) is 9.93. The van der Waals surface area contributed by atoms with Crippen LogP contribution in [0.5, 0.6) is 0 Å². The van der Waals surface area contributed by atoms with Gasteiger partial charge in [-0.15, -0.1) is 0 Å². The van der Waals surface area contributed by atoms with Crippen molar-refractivity contribution in [2.75, 3.05) is 56.6 Å². The number of amides is 2. The molecular formula is C19H26N8O. The molecule has 0 aliphatic carbocycles. The normalized spacial score (nSPS) is 23.0. The lowest BCUT2D eigenvalue weighted by Gasteiger charge is -2.28. The second-order valence-electron chi connectivity index (χ2n) is 8.03. The number of hydrogen-bond donors (Lipinski definition) is 0. The number of aromatic nitrogens is 4. The molecule has 5 rings (SSSR count). The van der Waals surface area contributed by atoms with Crippen molar-refractivity contribution in [1.82, 2.24) is 29.5 Å². The van der Waals surface area contributed by atoms with Crippen LogP contribution in [0.2, 0.25) is 0 Å². The van der Waals surface area contributed by atoms with Gasteiger partial charge in [0, 0.05) is 64.5 Å². The first kappa shape index (κ1) is 17.4. The monoisotopic (exact) mass is 382 g/mol. The van der Waals surface area contributed by atoms with Crippen molar-refractivity contribution < 1.29 is 4.79 Å². The van der Waals surface area contributed by atoms with Crippen molar-refractivity contribution in [3.05, 3.63) is 30.0 Å². The van der Waals surface area contributed by atoms with Gasteiger partial charge in [0.25, 0.3) is 0 Å². The van der Waals surface area contributed by atoms with E-state index in [-0.39, 0.29) is 12.1 Å². The van der Waals surface area contributed by atoms with Gasteiger partial charge in [-0.25, -0.2) is 14.8 Å². The van der Waals surface area contributed by atoms with Crippen LogP contribution in [0.1, 0.15) is 23.7 Å². The first-order valence-corrected chi connectivity index (χ1v) is 9.93. The summed E-state index contributed by atoms with van der Waals surface area (Å²) in [6.45, 7) is 5.27. The molecule has 3 aliphatic rings. The Morgan fingerprint density at radius 2 is 2.00 bits per heavy atom. The van der Waals surface area contributed by atoms with E-state index in [0.29, 0.717) is 0 Å². The number of carbonyl (C=O) groups excluding carboxylic acids is 1. The van der Waals surface area contributed by atoms with Crippen molar-refractivity contribution in [1.29, 1.82) is 0 Å². The van der Waals surface area contributed by atoms with Gasteiger partial charge in [-0.2, -0.15) is 5.10 Å². The van der Waals surface area contributed by atoms with E-state index in [1.807, 2.05) is 17.9 Å². The van der Waals surface area contributed by atoms with Crippen molar-refractivity contribution in [2.24, 2.45) is 0 Å². The van der Waals surface area contributed by atoms with Crippen LogP contribution in [0.15, 0.2) is 18.7 Å². The zero-order valence-electron chi connectivity index (χ0n) is 16.5. The first-order chi connectivity index (χ1) is 13.6. The largest absolute Gasteiger partial charge is 0.354 e. The maximum absolute atomic E-state index is 12.2. The Hall–Kier alpha value is -2.68. The fourth-order valence-electron chi connectivity index (χ4n) is 4.44. The van der Waals surface area contributed by atoms with E-state index in [9.17, 15) is 4.79 Å². The summed E-state index contributed by atoms with van der Waals surface area (Å²) in [7, 11) is 3.98. The predicted molar refractivity (Wildman–Crippen MR) is 106 cm³/mol. The third-order valence-electron chi connectivity index (χ3n) is 6.12. The summed E-state index contributed by atoms with van der Waals surface area (Å²) < 4.78 is 2.01. The molecule has 148 valence electrons. The van der Waals surface area contributed by atoms with E-state index < -0.39 is 0 Å². The highest BCUT2D eigenvalue weighted by molar-refractivity contribution is 5.93. The van der Waals surface area contributed by atoms with E-state index in [2.05, 4.69) is 31.9 Å². The quantitative estimate of drug-likeness (QED) is 0.788. The minimum absolute atomic E-state index is 0.0457. The molecule has 0 radical (unpaired) electrons. The number of carbonyl (C=O) groups is 1. The zero-order valence-corrected chi connectivity index (χ0v) is 16.5. The lowest BCUT2D eigenvalue weighted by atomic mass is 10.1. The molecule has 1 atom stereocenters. The molecule has 0 spiro atoms. The van der Waals surface area contributed by atoms with Crippen LogP contribution >= 0.6 is 0 Å². The molecule has 2 aromatic rings. The highest BCUT2D eigenvalue weighted by atomic mass is 16.2. The number of anilines is 2. The zero-order chi connectivity index (χ0) is 19.3. The Kier molecular flexibility index (Phi) is 4.19. The maximum atomic E-state index is 12.2. The predicted octanol–water partition coefficient (Wildman–Crippen LogP) is 0.984. The lowest BCUT2D eigenvalue weighted by Crippen LogP contribution is -2.31. The smallest absolute Gasteiger partial charge is 0.324 e. The van der Waals surface area contributed by atoms with E-state index >= 15 is 0 Å². The molecule has 0 bridgehead atoms. The van der Waals surface area contributed by atoms with Crippen molar-refractivity contribution in [3.63, 3.8) is 0 Å². The third kappa shape index (κ3) is 2.90. The molecule has 2 saturated heterocycles. The van der Waals surface area contributed by atoms with Gasteiger partial charge < -0.3 is 14.7 Å². The topological polar surface area (TPSA) is 73.6 Å². The molecule has 3 aliphatic heterocycles. The summed E-state index contributed by atoms with van der Waals surface area (Å²) in [4.78, 5) is 29.6. The fraction of sp³-hybridized carbons (Fsp3) is 0.579. The Bertz CT molecular complexity index is 896. The Balaban J connectivity index is 1.33. The number of nitrogens with zero attached hydrogens (tertiary/aromatic N) is 8. The standard InChI is InChI=1S/C19H26N8O/c1-23-5-4-17-16(12-23)18(21-13-20-17)25-6-3-14(10-25)27-11-15(9-22-27)26-8-7-24(2)19(26)28/h9,11,13-14H,3-8,10,12H2,1-2H3. The molecule has 9 heteroatoms. The molecule has 2 aromatic heterocycles. The van der Waals surface area contributed by atoms with Gasteiger partial charge in [0.15, 0.2) is 0 Å². The number of rotatable bonds is 3. The molecule has 28 heavy (non-hydrogen) atoms. The van der Waals surface area contributed by atoms with Crippen molar-refractivity contribution >= 4 is 17.5 Å². The van der Waals surface area contributed by atoms with Gasteiger partial charge in [-0.3, -0.25) is 9.58 Å². The molecule has 2 fully saturated rings. The second-order valence-corrected chi connectivity index (χ2v) is 8.03. The minimum atomic E-state index is 0.0457. The molecule has 0 N–H and O–H groups in total. The molecule has 9 nitrogen and oxygen atoms in total. The van der Waals surface area contributed by atoms with Gasteiger partial charge in [0.2, 0.25) is 0 Å². The molecule has 2 amide bonds. The average Bonchev–Trinajstić information content (AvgIpc) is 3.42. The van der Waals surface area contributed by atoms with Crippen LogP contribution < -0.4 is 9.80 Å². The summed E-state index contributed by atoms with van der Waals surface area (Å²) in [5.41, 5.74) is 3.34. The Morgan fingerprint density at radius 1 is 1.11 bits per heavy atom. The summed E-state index contributed by atoms with van der Waals surface area (Å²) >= 11 is 0. The number of fused-ring (bicyclic) bond motifs is 1. The van der Waals surface area contributed by atoms with Crippen LogP contribution in [-0.4, -0.2) is 82.4 Å². The van der Waals surface area contributed by atoms with Gasteiger partial charge in [-0.05, 0) is 13.5 Å². The van der Waals surface area contributed by atoms with Crippen molar-refractivity contribution in [3.8, 4) is 0 Å². The summed E-state index contributed by atoms with van der Waals surface area (Å²) in [5.74, 6) is 1.07. The van der Waals surface area contributed by atoms with Crippen molar-refractivity contribution in [2.45, 2.75) is 25.4 Å². The highest BCUT2D eigenvalue weighted by Gasteiger charge is 2.31. The van der Waals surface area contributed by atoms with E-state index in [0.717, 1.165) is 63.6 Å².